The molecule has 1 spiro atoms. The first-order valence-corrected chi connectivity index (χ1v) is 4.97. The smallest absolute Gasteiger partial charge is 0.220 e. The van der Waals surface area contributed by atoms with Crippen molar-refractivity contribution >= 4 is 5.91 Å². The van der Waals surface area contributed by atoms with Crippen LogP contribution in [-0.2, 0) is 4.79 Å². The van der Waals surface area contributed by atoms with E-state index in [-0.39, 0.29) is 5.91 Å². The molecule has 1 saturated carbocycles. The van der Waals surface area contributed by atoms with E-state index in [4.69, 9.17) is 0 Å². The molecule has 2 heteroatoms. The first-order valence-electron chi connectivity index (χ1n) is 4.97. The van der Waals surface area contributed by atoms with Crippen LogP contribution >= 0.6 is 0 Å². The molecule has 1 amide bonds. The lowest BCUT2D eigenvalue weighted by Gasteiger charge is -2.33. The molecular weight excluding hydrogens is 150 g/mol. The van der Waals surface area contributed by atoms with Crippen molar-refractivity contribution in [1.82, 2.24) is 5.32 Å². The van der Waals surface area contributed by atoms with Gasteiger partial charge in [-0.3, -0.25) is 4.79 Å². The van der Waals surface area contributed by atoms with Crippen LogP contribution in [0.3, 0.4) is 0 Å². The number of carbonyl (C=O) groups is 1. The van der Waals surface area contributed by atoms with Crippen molar-refractivity contribution in [3.8, 4) is 0 Å². The molecule has 1 saturated heterocycles. The summed E-state index contributed by atoms with van der Waals surface area (Å²) in [4.78, 5) is 11.0. The molecule has 2 fully saturated rings. The lowest BCUT2D eigenvalue weighted by Crippen LogP contribution is -2.41. The molecule has 2 rings (SSSR count). The van der Waals surface area contributed by atoms with Gasteiger partial charge in [-0.25, -0.2) is 0 Å². The SMILES string of the molecule is CC1CCC2(CCC(=O)NC2)C1. The summed E-state index contributed by atoms with van der Waals surface area (Å²) < 4.78 is 0. The Morgan fingerprint density at radius 2 is 2.33 bits per heavy atom. The van der Waals surface area contributed by atoms with Crippen LogP contribution < -0.4 is 5.32 Å². The summed E-state index contributed by atoms with van der Waals surface area (Å²) in [5, 5.41) is 3.00. The molecule has 2 unspecified atom stereocenters. The van der Waals surface area contributed by atoms with Crippen LogP contribution in [0.15, 0.2) is 0 Å². The van der Waals surface area contributed by atoms with E-state index in [0.717, 1.165) is 25.3 Å². The van der Waals surface area contributed by atoms with Crippen LogP contribution in [0.25, 0.3) is 0 Å². The van der Waals surface area contributed by atoms with Crippen molar-refractivity contribution < 1.29 is 4.79 Å². The van der Waals surface area contributed by atoms with E-state index in [0.29, 0.717) is 5.41 Å². The van der Waals surface area contributed by atoms with Gasteiger partial charge in [0.15, 0.2) is 0 Å². The highest BCUT2D eigenvalue weighted by atomic mass is 16.1. The van der Waals surface area contributed by atoms with Gasteiger partial charge in [-0.2, -0.15) is 0 Å². The minimum absolute atomic E-state index is 0.250. The number of carbonyl (C=O) groups excluding carboxylic acids is 1. The lowest BCUT2D eigenvalue weighted by atomic mass is 9.78. The van der Waals surface area contributed by atoms with Gasteiger partial charge < -0.3 is 5.32 Å². The maximum atomic E-state index is 11.0. The maximum Gasteiger partial charge on any atom is 0.220 e. The van der Waals surface area contributed by atoms with Gasteiger partial charge in [0.1, 0.15) is 0 Å². The van der Waals surface area contributed by atoms with Crippen molar-refractivity contribution in [3.63, 3.8) is 0 Å². The second kappa shape index (κ2) is 2.75. The molecule has 2 nitrogen and oxygen atoms in total. The van der Waals surface area contributed by atoms with Gasteiger partial charge in [-0.15, -0.1) is 0 Å². The van der Waals surface area contributed by atoms with E-state index in [9.17, 15) is 4.79 Å². The number of piperidine rings is 1. The van der Waals surface area contributed by atoms with Gasteiger partial charge in [0.2, 0.25) is 5.91 Å². The predicted octanol–water partition coefficient (Wildman–Crippen LogP) is 1.70. The van der Waals surface area contributed by atoms with Crippen molar-refractivity contribution in [2.24, 2.45) is 11.3 Å². The van der Waals surface area contributed by atoms with Gasteiger partial charge in [0.05, 0.1) is 0 Å². The highest BCUT2D eigenvalue weighted by Gasteiger charge is 2.39. The number of hydrogen-bond donors (Lipinski definition) is 1. The third-order valence-corrected chi connectivity index (χ3v) is 3.49. The average molecular weight is 167 g/mol. The fourth-order valence-electron chi connectivity index (χ4n) is 2.73. The predicted molar refractivity (Wildman–Crippen MR) is 47.7 cm³/mol. The molecule has 0 aromatic rings. The van der Waals surface area contributed by atoms with Crippen LogP contribution in [-0.4, -0.2) is 12.5 Å². The molecule has 1 aliphatic carbocycles. The van der Waals surface area contributed by atoms with Gasteiger partial charge in [0.25, 0.3) is 0 Å². The number of nitrogens with one attached hydrogen (secondary N) is 1. The van der Waals surface area contributed by atoms with E-state index in [1.54, 1.807) is 0 Å². The van der Waals surface area contributed by atoms with Gasteiger partial charge in [-0.05, 0) is 30.6 Å². The molecule has 0 bridgehead atoms. The first-order chi connectivity index (χ1) is 5.70. The highest BCUT2D eigenvalue weighted by Crippen LogP contribution is 2.45. The zero-order chi connectivity index (χ0) is 8.60. The third kappa shape index (κ3) is 1.35. The summed E-state index contributed by atoms with van der Waals surface area (Å²) in [7, 11) is 0. The summed E-state index contributed by atoms with van der Waals surface area (Å²) >= 11 is 0. The fraction of sp³-hybridized carbons (Fsp3) is 0.900. The minimum Gasteiger partial charge on any atom is -0.356 e. The van der Waals surface area contributed by atoms with Crippen molar-refractivity contribution in [2.45, 2.75) is 39.0 Å². The number of rotatable bonds is 0. The summed E-state index contributed by atoms with van der Waals surface area (Å²) in [6, 6.07) is 0. The second-order valence-corrected chi connectivity index (χ2v) is 4.62. The van der Waals surface area contributed by atoms with E-state index < -0.39 is 0 Å². The topological polar surface area (TPSA) is 29.1 Å². The van der Waals surface area contributed by atoms with E-state index in [2.05, 4.69) is 12.2 Å². The molecule has 0 radical (unpaired) electrons. The Labute approximate surface area is 73.7 Å². The quantitative estimate of drug-likeness (QED) is 0.584. The molecule has 0 aromatic heterocycles. The Morgan fingerprint density at radius 1 is 1.50 bits per heavy atom. The maximum absolute atomic E-state index is 11.0. The molecule has 68 valence electrons. The summed E-state index contributed by atoms with van der Waals surface area (Å²) in [5.41, 5.74) is 0.493. The normalized spacial score (nSPS) is 41.8. The second-order valence-electron chi connectivity index (χ2n) is 4.62. The van der Waals surface area contributed by atoms with Gasteiger partial charge in [0, 0.05) is 13.0 Å². The Balaban J connectivity index is 1.99. The van der Waals surface area contributed by atoms with E-state index in [1.807, 2.05) is 0 Å². The number of amides is 1. The zero-order valence-electron chi connectivity index (χ0n) is 7.73. The Kier molecular flexibility index (Phi) is 1.85. The molecule has 12 heavy (non-hydrogen) atoms. The minimum atomic E-state index is 0.250. The number of hydrogen-bond acceptors (Lipinski definition) is 1. The van der Waals surface area contributed by atoms with E-state index >= 15 is 0 Å². The van der Waals surface area contributed by atoms with Crippen LogP contribution in [0.1, 0.15) is 39.0 Å². The molecule has 0 aromatic carbocycles. The van der Waals surface area contributed by atoms with Crippen LogP contribution in [0.2, 0.25) is 0 Å². The van der Waals surface area contributed by atoms with Crippen LogP contribution in [0.5, 0.6) is 0 Å². The summed E-state index contributed by atoms with van der Waals surface area (Å²) in [6.45, 7) is 3.27. The molecule has 1 aliphatic heterocycles. The molecule has 1 N–H and O–H groups in total. The van der Waals surface area contributed by atoms with Crippen LogP contribution in [0.4, 0.5) is 0 Å². The standard InChI is InChI=1S/C10H17NO/c1-8-2-4-10(6-8)5-3-9(12)11-7-10/h8H,2-7H2,1H3,(H,11,12). The van der Waals surface area contributed by atoms with Gasteiger partial charge >= 0.3 is 0 Å². The molecule has 2 atom stereocenters. The molecular formula is C10H17NO. The lowest BCUT2D eigenvalue weighted by molar-refractivity contribution is -0.124. The monoisotopic (exact) mass is 167 g/mol. The Bertz CT molecular complexity index is 190. The average Bonchev–Trinajstić information content (AvgIpc) is 2.40. The van der Waals surface area contributed by atoms with Gasteiger partial charge in [-0.1, -0.05) is 13.3 Å². The summed E-state index contributed by atoms with van der Waals surface area (Å²) in [6.07, 6.45) is 5.90. The van der Waals surface area contributed by atoms with Crippen molar-refractivity contribution in [1.29, 1.82) is 0 Å². The largest absolute Gasteiger partial charge is 0.356 e. The molecule has 1 heterocycles. The third-order valence-electron chi connectivity index (χ3n) is 3.49. The fourth-order valence-corrected chi connectivity index (χ4v) is 2.73. The molecule has 2 aliphatic rings. The van der Waals surface area contributed by atoms with Crippen molar-refractivity contribution in [3.05, 3.63) is 0 Å². The van der Waals surface area contributed by atoms with Crippen LogP contribution in [0, 0.1) is 11.3 Å². The van der Waals surface area contributed by atoms with E-state index in [1.165, 1.54) is 19.3 Å². The van der Waals surface area contributed by atoms with Crippen molar-refractivity contribution in [2.75, 3.05) is 6.54 Å². The zero-order valence-corrected chi connectivity index (χ0v) is 7.73. The Hall–Kier alpha value is -0.530. The summed E-state index contributed by atoms with van der Waals surface area (Å²) in [5.74, 6) is 1.13. The highest BCUT2D eigenvalue weighted by molar-refractivity contribution is 5.76. The first kappa shape index (κ1) is 8.09. The Morgan fingerprint density at radius 3 is 2.83 bits per heavy atom.